The molecular formula is C11H22N4O. The van der Waals surface area contributed by atoms with E-state index in [4.69, 9.17) is 10.8 Å². The number of nitrogens with two attached hydrogens (primary N) is 1. The zero-order chi connectivity index (χ0) is 12.4. The predicted octanol–water partition coefficient (Wildman–Crippen LogP) is 0.204. The van der Waals surface area contributed by atoms with E-state index in [1.165, 1.54) is 0 Å². The van der Waals surface area contributed by atoms with Gasteiger partial charge in [0.25, 0.3) is 0 Å². The quantitative estimate of drug-likeness (QED) is 0.294. The van der Waals surface area contributed by atoms with Crippen molar-refractivity contribution in [2.24, 2.45) is 10.7 Å². The fourth-order valence-corrected chi connectivity index (χ4v) is 1.15. The van der Waals surface area contributed by atoms with Crippen molar-refractivity contribution in [2.75, 3.05) is 33.9 Å². The van der Waals surface area contributed by atoms with Crippen molar-refractivity contribution in [1.82, 2.24) is 9.80 Å². The number of aliphatic imine (C=N–C) groups is 1. The fourth-order valence-electron chi connectivity index (χ4n) is 1.15. The second-order valence-electron chi connectivity index (χ2n) is 3.41. The molecule has 0 saturated heterocycles. The van der Waals surface area contributed by atoms with Crippen LogP contribution in [0.3, 0.4) is 0 Å². The van der Waals surface area contributed by atoms with E-state index in [1.807, 2.05) is 11.9 Å². The Kier molecular flexibility index (Phi) is 8.19. The molecule has 0 aromatic heterocycles. The lowest BCUT2D eigenvalue weighted by atomic mass is 10.4. The van der Waals surface area contributed by atoms with E-state index in [0.29, 0.717) is 12.5 Å². The maximum absolute atomic E-state index is 9.09. The molecule has 0 aliphatic heterocycles. The van der Waals surface area contributed by atoms with Crippen LogP contribution in [0.4, 0.5) is 0 Å². The standard InChI is InChI=1S/C11H22N4O/c1-4-5-8-13-11(15(3)10-16)14(2)9-6-7-12/h4-5,8,16H,1,6-7,9-10,12H2,2-3H3/b8-5+,13-11?. The first-order chi connectivity index (χ1) is 7.67. The first-order valence-electron chi connectivity index (χ1n) is 5.26. The maximum atomic E-state index is 9.09. The number of rotatable bonds is 6. The van der Waals surface area contributed by atoms with Crippen molar-refractivity contribution in [3.63, 3.8) is 0 Å². The topological polar surface area (TPSA) is 65.1 Å². The van der Waals surface area contributed by atoms with Gasteiger partial charge in [-0.15, -0.1) is 0 Å². The average Bonchev–Trinajstić information content (AvgIpc) is 2.30. The first-order valence-corrected chi connectivity index (χ1v) is 5.26. The average molecular weight is 226 g/mol. The maximum Gasteiger partial charge on any atom is 0.202 e. The smallest absolute Gasteiger partial charge is 0.202 e. The van der Waals surface area contributed by atoms with Crippen LogP contribution < -0.4 is 5.73 Å². The molecule has 0 bridgehead atoms. The number of nitrogens with zero attached hydrogens (tertiary/aromatic N) is 3. The third kappa shape index (κ3) is 5.53. The van der Waals surface area contributed by atoms with Crippen LogP contribution >= 0.6 is 0 Å². The molecule has 0 unspecified atom stereocenters. The molecule has 0 radical (unpaired) electrons. The minimum Gasteiger partial charge on any atom is -0.376 e. The summed E-state index contributed by atoms with van der Waals surface area (Å²) in [6.45, 7) is 4.94. The fraction of sp³-hybridized carbons (Fsp3) is 0.545. The van der Waals surface area contributed by atoms with Crippen molar-refractivity contribution >= 4 is 5.96 Å². The lowest BCUT2D eigenvalue weighted by Gasteiger charge is -2.27. The highest BCUT2D eigenvalue weighted by molar-refractivity contribution is 5.80. The van der Waals surface area contributed by atoms with Crippen molar-refractivity contribution in [3.8, 4) is 0 Å². The third-order valence-corrected chi connectivity index (χ3v) is 2.00. The molecule has 5 heteroatoms. The van der Waals surface area contributed by atoms with Gasteiger partial charge in [-0.05, 0) is 19.0 Å². The number of aliphatic hydroxyl groups excluding tert-OH is 1. The van der Waals surface area contributed by atoms with E-state index in [0.717, 1.165) is 13.0 Å². The highest BCUT2D eigenvalue weighted by Crippen LogP contribution is 1.96. The Morgan fingerprint density at radius 1 is 1.44 bits per heavy atom. The summed E-state index contributed by atoms with van der Waals surface area (Å²) < 4.78 is 0. The van der Waals surface area contributed by atoms with E-state index in [1.54, 1.807) is 30.3 Å². The van der Waals surface area contributed by atoms with Gasteiger partial charge in [0.05, 0.1) is 0 Å². The first kappa shape index (κ1) is 14.7. The minimum atomic E-state index is -0.0757. The van der Waals surface area contributed by atoms with Gasteiger partial charge >= 0.3 is 0 Å². The van der Waals surface area contributed by atoms with Gasteiger partial charge in [-0.3, -0.25) is 0 Å². The van der Waals surface area contributed by atoms with Gasteiger partial charge in [0.2, 0.25) is 5.96 Å². The molecule has 0 heterocycles. The van der Waals surface area contributed by atoms with Gasteiger partial charge < -0.3 is 20.6 Å². The number of aliphatic hydroxyl groups is 1. The molecule has 16 heavy (non-hydrogen) atoms. The SMILES string of the molecule is C=C/C=C/N=C(N(C)CO)N(C)CCCN. The number of hydrogen-bond donors (Lipinski definition) is 2. The van der Waals surface area contributed by atoms with Crippen LogP contribution in [0.5, 0.6) is 0 Å². The van der Waals surface area contributed by atoms with E-state index in [2.05, 4.69) is 11.6 Å². The van der Waals surface area contributed by atoms with Crippen LogP contribution in [0.1, 0.15) is 6.42 Å². The van der Waals surface area contributed by atoms with Crippen molar-refractivity contribution in [2.45, 2.75) is 6.42 Å². The Morgan fingerprint density at radius 2 is 2.12 bits per heavy atom. The zero-order valence-electron chi connectivity index (χ0n) is 10.1. The number of allylic oxidation sites excluding steroid dienone is 2. The molecule has 5 nitrogen and oxygen atoms in total. The highest BCUT2D eigenvalue weighted by atomic mass is 16.3. The molecule has 0 aromatic rings. The lowest BCUT2D eigenvalue weighted by molar-refractivity contribution is 0.178. The van der Waals surface area contributed by atoms with Crippen LogP contribution in [0.2, 0.25) is 0 Å². The van der Waals surface area contributed by atoms with Crippen LogP contribution in [-0.4, -0.2) is 54.8 Å². The van der Waals surface area contributed by atoms with E-state index in [-0.39, 0.29) is 6.73 Å². The van der Waals surface area contributed by atoms with Gasteiger partial charge in [-0.1, -0.05) is 12.7 Å². The largest absolute Gasteiger partial charge is 0.376 e. The molecule has 0 aliphatic carbocycles. The molecule has 0 atom stereocenters. The summed E-state index contributed by atoms with van der Waals surface area (Å²) in [6.07, 6.45) is 5.93. The minimum absolute atomic E-state index is 0.0757. The van der Waals surface area contributed by atoms with E-state index in [9.17, 15) is 0 Å². The van der Waals surface area contributed by atoms with Gasteiger partial charge in [-0.2, -0.15) is 0 Å². The van der Waals surface area contributed by atoms with Gasteiger partial charge in [0, 0.05) is 26.8 Å². The predicted molar refractivity (Wildman–Crippen MR) is 67.9 cm³/mol. The molecule has 0 saturated carbocycles. The summed E-state index contributed by atoms with van der Waals surface area (Å²) in [5.74, 6) is 0.703. The van der Waals surface area contributed by atoms with Gasteiger partial charge in [0.15, 0.2) is 0 Å². The van der Waals surface area contributed by atoms with Gasteiger partial charge in [-0.25, -0.2) is 4.99 Å². The van der Waals surface area contributed by atoms with Crippen molar-refractivity contribution in [3.05, 3.63) is 24.9 Å². The molecule has 0 spiro atoms. The number of hydrogen-bond acceptors (Lipinski definition) is 3. The molecule has 0 fully saturated rings. The summed E-state index contributed by atoms with van der Waals surface area (Å²) in [6, 6.07) is 0. The molecule has 0 aliphatic rings. The zero-order valence-corrected chi connectivity index (χ0v) is 10.1. The molecule has 3 N–H and O–H groups in total. The highest BCUT2D eigenvalue weighted by Gasteiger charge is 2.09. The van der Waals surface area contributed by atoms with Crippen molar-refractivity contribution < 1.29 is 5.11 Å². The van der Waals surface area contributed by atoms with E-state index < -0.39 is 0 Å². The molecule has 0 aromatic carbocycles. The van der Waals surface area contributed by atoms with Crippen LogP contribution in [-0.2, 0) is 0 Å². The Morgan fingerprint density at radius 3 is 2.62 bits per heavy atom. The Labute approximate surface area is 97.6 Å². The van der Waals surface area contributed by atoms with E-state index >= 15 is 0 Å². The lowest BCUT2D eigenvalue weighted by Crippen LogP contribution is -2.41. The normalized spacial score (nSPS) is 11.9. The molecule has 0 rings (SSSR count). The van der Waals surface area contributed by atoms with Crippen LogP contribution in [0, 0.1) is 0 Å². The monoisotopic (exact) mass is 226 g/mol. The second-order valence-corrected chi connectivity index (χ2v) is 3.41. The molecule has 0 amide bonds. The second kappa shape index (κ2) is 8.94. The molecule has 92 valence electrons. The number of guanidine groups is 1. The summed E-state index contributed by atoms with van der Waals surface area (Å²) in [5.41, 5.74) is 5.45. The Bertz CT molecular complexity index is 250. The van der Waals surface area contributed by atoms with Crippen LogP contribution in [0.15, 0.2) is 29.9 Å². The summed E-state index contributed by atoms with van der Waals surface area (Å²) in [4.78, 5) is 7.86. The summed E-state index contributed by atoms with van der Waals surface area (Å²) in [7, 11) is 3.70. The third-order valence-electron chi connectivity index (χ3n) is 2.00. The van der Waals surface area contributed by atoms with Gasteiger partial charge in [0.1, 0.15) is 6.73 Å². The van der Waals surface area contributed by atoms with Crippen LogP contribution in [0.25, 0.3) is 0 Å². The van der Waals surface area contributed by atoms with Crippen molar-refractivity contribution in [1.29, 1.82) is 0 Å². The molecular weight excluding hydrogens is 204 g/mol. The Balaban J connectivity index is 4.58. The summed E-state index contributed by atoms with van der Waals surface area (Å²) >= 11 is 0. The Hall–Kier alpha value is -1.33. The summed E-state index contributed by atoms with van der Waals surface area (Å²) in [5, 5.41) is 9.09.